The van der Waals surface area contributed by atoms with Crippen LogP contribution in [-0.2, 0) is 4.79 Å². The van der Waals surface area contributed by atoms with E-state index in [0.717, 1.165) is 18.6 Å². The molecule has 1 fully saturated rings. The van der Waals surface area contributed by atoms with Gasteiger partial charge in [0.1, 0.15) is 5.75 Å². The minimum Gasteiger partial charge on any atom is -0.406 e. The second-order valence-electron chi connectivity index (χ2n) is 4.54. The number of carbonyl (C=O) groups excluding carboxylic acids is 1. The SMILES string of the molecule is NC1(C(=O)Nc2cccc(OC(F)(F)F)c2)CCC1. The Balaban J connectivity index is 2.05. The fourth-order valence-corrected chi connectivity index (χ4v) is 1.81. The van der Waals surface area contributed by atoms with Gasteiger partial charge in [-0.05, 0) is 31.4 Å². The first-order valence-corrected chi connectivity index (χ1v) is 5.75. The number of hydrogen-bond acceptors (Lipinski definition) is 3. The molecular weight excluding hydrogens is 261 g/mol. The highest BCUT2D eigenvalue weighted by atomic mass is 19.4. The summed E-state index contributed by atoms with van der Waals surface area (Å²) in [6.45, 7) is 0. The molecule has 0 aromatic heterocycles. The Morgan fingerprint density at radius 2 is 2.05 bits per heavy atom. The maximum absolute atomic E-state index is 12.1. The molecule has 1 amide bonds. The van der Waals surface area contributed by atoms with E-state index in [9.17, 15) is 18.0 Å². The van der Waals surface area contributed by atoms with Crippen molar-refractivity contribution in [1.82, 2.24) is 0 Å². The molecule has 1 saturated carbocycles. The molecule has 0 radical (unpaired) electrons. The topological polar surface area (TPSA) is 64.4 Å². The van der Waals surface area contributed by atoms with Crippen LogP contribution in [0.25, 0.3) is 0 Å². The Kier molecular flexibility index (Phi) is 3.40. The molecule has 19 heavy (non-hydrogen) atoms. The van der Waals surface area contributed by atoms with Gasteiger partial charge in [-0.25, -0.2) is 0 Å². The highest BCUT2D eigenvalue weighted by molar-refractivity contribution is 5.98. The lowest BCUT2D eigenvalue weighted by atomic mass is 9.77. The lowest BCUT2D eigenvalue weighted by molar-refractivity contribution is -0.274. The molecule has 3 N–H and O–H groups in total. The average Bonchev–Trinajstić information content (AvgIpc) is 2.23. The molecule has 1 aliphatic carbocycles. The summed E-state index contributed by atoms with van der Waals surface area (Å²) in [4.78, 5) is 11.8. The Labute approximate surface area is 107 Å². The minimum absolute atomic E-state index is 0.225. The number of hydrogen-bond donors (Lipinski definition) is 2. The van der Waals surface area contributed by atoms with Gasteiger partial charge in [-0.15, -0.1) is 13.2 Å². The van der Waals surface area contributed by atoms with Gasteiger partial charge in [0.05, 0.1) is 5.54 Å². The highest BCUT2D eigenvalue weighted by Gasteiger charge is 2.40. The summed E-state index contributed by atoms with van der Waals surface area (Å²) in [6.07, 6.45) is -2.72. The van der Waals surface area contributed by atoms with Crippen LogP contribution >= 0.6 is 0 Å². The molecule has 104 valence electrons. The van der Waals surface area contributed by atoms with Crippen molar-refractivity contribution in [2.45, 2.75) is 31.2 Å². The van der Waals surface area contributed by atoms with Crippen LogP contribution in [-0.4, -0.2) is 17.8 Å². The van der Waals surface area contributed by atoms with Crippen molar-refractivity contribution in [2.24, 2.45) is 5.73 Å². The first kappa shape index (κ1) is 13.7. The smallest absolute Gasteiger partial charge is 0.406 e. The van der Waals surface area contributed by atoms with Gasteiger partial charge in [0.25, 0.3) is 0 Å². The van der Waals surface area contributed by atoms with Gasteiger partial charge < -0.3 is 15.8 Å². The number of nitrogens with two attached hydrogens (primary N) is 1. The van der Waals surface area contributed by atoms with Gasteiger partial charge in [0, 0.05) is 11.8 Å². The van der Waals surface area contributed by atoms with Crippen LogP contribution < -0.4 is 15.8 Å². The number of alkyl halides is 3. The van der Waals surface area contributed by atoms with Gasteiger partial charge in [-0.2, -0.15) is 0 Å². The van der Waals surface area contributed by atoms with Crippen molar-refractivity contribution < 1.29 is 22.7 Å². The predicted octanol–water partition coefficient (Wildman–Crippen LogP) is 2.41. The van der Waals surface area contributed by atoms with Crippen LogP contribution in [0.1, 0.15) is 19.3 Å². The summed E-state index contributed by atoms with van der Waals surface area (Å²) >= 11 is 0. The van der Waals surface area contributed by atoms with Crippen molar-refractivity contribution in [1.29, 1.82) is 0 Å². The van der Waals surface area contributed by atoms with Crippen LogP contribution in [0.2, 0.25) is 0 Å². The summed E-state index contributed by atoms with van der Waals surface area (Å²) in [6, 6.07) is 5.10. The predicted molar refractivity (Wildman–Crippen MR) is 62.5 cm³/mol. The van der Waals surface area contributed by atoms with Crippen molar-refractivity contribution in [3.8, 4) is 5.75 Å². The van der Waals surface area contributed by atoms with Crippen LogP contribution in [0, 0.1) is 0 Å². The second-order valence-corrected chi connectivity index (χ2v) is 4.54. The second kappa shape index (κ2) is 4.73. The molecule has 0 atom stereocenters. The first-order valence-electron chi connectivity index (χ1n) is 5.75. The molecule has 1 aromatic carbocycles. The Bertz CT molecular complexity index is 484. The molecule has 2 rings (SSSR count). The van der Waals surface area contributed by atoms with E-state index in [0.29, 0.717) is 12.8 Å². The van der Waals surface area contributed by atoms with Crippen LogP contribution in [0.3, 0.4) is 0 Å². The van der Waals surface area contributed by atoms with Gasteiger partial charge >= 0.3 is 6.36 Å². The van der Waals surface area contributed by atoms with E-state index >= 15 is 0 Å². The number of amides is 1. The summed E-state index contributed by atoms with van der Waals surface area (Å²) in [7, 11) is 0. The lowest BCUT2D eigenvalue weighted by Gasteiger charge is -2.36. The molecule has 0 saturated heterocycles. The summed E-state index contributed by atoms with van der Waals surface area (Å²) in [5, 5.41) is 2.50. The van der Waals surface area contributed by atoms with E-state index < -0.39 is 11.9 Å². The third-order valence-electron chi connectivity index (χ3n) is 3.02. The van der Waals surface area contributed by atoms with Gasteiger partial charge in [-0.3, -0.25) is 4.79 Å². The fraction of sp³-hybridized carbons (Fsp3) is 0.417. The molecule has 0 unspecified atom stereocenters. The van der Waals surface area contributed by atoms with E-state index in [1.807, 2.05) is 0 Å². The normalized spacial score (nSPS) is 17.5. The van der Waals surface area contributed by atoms with Crippen molar-refractivity contribution in [3.63, 3.8) is 0 Å². The van der Waals surface area contributed by atoms with Gasteiger partial charge in [-0.1, -0.05) is 6.07 Å². The molecule has 0 heterocycles. The van der Waals surface area contributed by atoms with Crippen LogP contribution in [0.4, 0.5) is 18.9 Å². The number of ether oxygens (including phenoxy) is 1. The summed E-state index contributed by atoms with van der Waals surface area (Å²) < 4.78 is 39.9. The number of benzene rings is 1. The number of nitrogens with one attached hydrogen (secondary N) is 1. The van der Waals surface area contributed by atoms with Crippen molar-refractivity contribution in [3.05, 3.63) is 24.3 Å². The third kappa shape index (κ3) is 3.37. The minimum atomic E-state index is -4.76. The molecule has 7 heteroatoms. The summed E-state index contributed by atoms with van der Waals surface area (Å²) in [5.41, 5.74) is 5.13. The fourth-order valence-electron chi connectivity index (χ4n) is 1.81. The quantitative estimate of drug-likeness (QED) is 0.889. The van der Waals surface area contributed by atoms with Crippen molar-refractivity contribution >= 4 is 11.6 Å². The monoisotopic (exact) mass is 274 g/mol. The van der Waals surface area contributed by atoms with Crippen LogP contribution in [0.5, 0.6) is 5.75 Å². The van der Waals surface area contributed by atoms with E-state index in [2.05, 4.69) is 10.1 Å². The van der Waals surface area contributed by atoms with Crippen molar-refractivity contribution in [2.75, 3.05) is 5.32 Å². The van der Waals surface area contributed by atoms with E-state index in [4.69, 9.17) is 5.73 Å². The summed E-state index contributed by atoms with van der Waals surface area (Å²) in [5.74, 6) is -0.770. The lowest BCUT2D eigenvalue weighted by Crippen LogP contribution is -2.56. The standard InChI is InChI=1S/C12H13F3N2O2/c13-12(14,15)19-9-4-1-3-8(7-9)17-10(18)11(16)5-2-6-11/h1,3-4,7H,2,5-6,16H2,(H,17,18). The number of anilines is 1. The highest BCUT2D eigenvalue weighted by Crippen LogP contribution is 2.31. The zero-order chi connectivity index (χ0) is 14.1. The number of carbonyl (C=O) groups is 1. The Hall–Kier alpha value is -1.76. The molecule has 4 nitrogen and oxygen atoms in total. The van der Waals surface area contributed by atoms with E-state index in [1.54, 1.807) is 0 Å². The number of halogens is 3. The zero-order valence-corrected chi connectivity index (χ0v) is 9.96. The Morgan fingerprint density at radius 1 is 1.37 bits per heavy atom. The molecule has 0 bridgehead atoms. The maximum atomic E-state index is 12.1. The number of rotatable bonds is 3. The van der Waals surface area contributed by atoms with E-state index in [1.165, 1.54) is 12.1 Å². The molecule has 0 aliphatic heterocycles. The maximum Gasteiger partial charge on any atom is 0.573 e. The van der Waals surface area contributed by atoms with E-state index in [-0.39, 0.29) is 17.3 Å². The van der Waals surface area contributed by atoms with Gasteiger partial charge in [0.15, 0.2) is 0 Å². The van der Waals surface area contributed by atoms with Crippen LogP contribution in [0.15, 0.2) is 24.3 Å². The first-order chi connectivity index (χ1) is 8.78. The van der Waals surface area contributed by atoms with Gasteiger partial charge in [0.2, 0.25) is 5.91 Å². The Morgan fingerprint density at radius 3 is 2.58 bits per heavy atom. The zero-order valence-electron chi connectivity index (χ0n) is 9.96. The molecule has 0 spiro atoms. The molecule has 1 aromatic rings. The third-order valence-corrected chi connectivity index (χ3v) is 3.02. The molecule has 1 aliphatic rings. The average molecular weight is 274 g/mol. The largest absolute Gasteiger partial charge is 0.573 e. The molecular formula is C12H13F3N2O2.